The van der Waals surface area contributed by atoms with Gasteiger partial charge in [-0.15, -0.1) is 0 Å². The summed E-state index contributed by atoms with van der Waals surface area (Å²) >= 11 is 0. The van der Waals surface area contributed by atoms with E-state index < -0.39 is 0 Å². The van der Waals surface area contributed by atoms with E-state index in [4.69, 9.17) is 0 Å². The van der Waals surface area contributed by atoms with E-state index in [9.17, 15) is 4.39 Å². The Labute approximate surface area is 121 Å². The highest BCUT2D eigenvalue weighted by molar-refractivity contribution is 5.16. The molecule has 0 aliphatic carbocycles. The summed E-state index contributed by atoms with van der Waals surface area (Å²) in [4.78, 5) is 2.11. The van der Waals surface area contributed by atoms with Gasteiger partial charge in [-0.3, -0.25) is 4.90 Å². The molecule has 0 fully saturated rings. The molecule has 0 aliphatic rings. The highest BCUT2D eigenvalue weighted by atomic mass is 19.1. The molecule has 0 aromatic heterocycles. The first-order valence-corrected chi connectivity index (χ1v) is 7.13. The maximum Gasteiger partial charge on any atom is 0.105 e. The zero-order valence-electron chi connectivity index (χ0n) is 12.0. The Morgan fingerprint density at radius 3 is 2.00 bits per heavy atom. The van der Waals surface area contributed by atoms with E-state index in [1.807, 2.05) is 43.4 Å². The molecule has 1 nitrogen and oxygen atoms in total. The molecule has 0 heterocycles. The monoisotopic (exact) mass is 271 g/mol. The molecule has 106 valence electrons. The lowest BCUT2D eigenvalue weighted by molar-refractivity contribution is 0.184. The van der Waals surface area contributed by atoms with Crippen LogP contribution in [0.1, 0.15) is 17.5 Å². The van der Waals surface area contributed by atoms with Crippen molar-refractivity contribution in [3.8, 4) is 0 Å². The van der Waals surface area contributed by atoms with Crippen molar-refractivity contribution in [3.63, 3.8) is 0 Å². The minimum Gasteiger partial charge on any atom is -0.297 e. The molecular weight excluding hydrogens is 249 g/mol. The van der Waals surface area contributed by atoms with Gasteiger partial charge in [-0.2, -0.15) is 0 Å². The third-order valence-corrected chi connectivity index (χ3v) is 3.69. The van der Waals surface area contributed by atoms with E-state index in [1.54, 1.807) is 0 Å². The molecule has 0 N–H and O–H groups in total. The van der Waals surface area contributed by atoms with Crippen molar-refractivity contribution in [3.05, 3.63) is 71.8 Å². The number of benzene rings is 2. The zero-order valence-corrected chi connectivity index (χ0v) is 12.0. The van der Waals surface area contributed by atoms with Gasteiger partial charge in [0.1, 0.15) is 6.67 Å². The number of alkyl halides is 1. The molecule has 0 saturated carbocycles. The van der Waals surface area contributed by atoms with Crippen LogP contribution in [-0.4, -0.2) is 24.7 Å². The van der Waals surface area contributed by atoms with Crippen LogP contribution in [-0.2, 0) is 13.0 Å². The summed E-state index contributed by atoms with van der Waals surface area (Å²) in [6.07, 6.45) is 1.78. The fourth-order valence-electron chi connectivity index (χ4n) is 2.39. The second kappa shape index (κ2) is 7.81. The third kappa shape index (κ3) is 4.46. The molecule has 1 atom stereocenters. The maximum atomic E-state index is 13.3. The van der Waals surface area contributed by atoms with Gasteiger partial charge in [-0.25, -0.2) is 4.39 Å². The van der Waals surface area contributed by atoms with Crippen LogP contribution in [0.2, 0.25) is 0 Å². The van der Waals surface area contributed by atoms with Crippen LogP contribution in [0, 0.1) is 0 Å². The summed E-state index contributed by atoms with van der Waals surface area (Å²) in [7, 11) is 2.00. The normalized spacial score (nSPS) is 12.6. The Balaban J connectivity index is 1.87. The van der Waals surface area contributed by atoms with Crippen molar-refractivity contribution in [1.29, 1.82) is 0 Å². The van der Waals surface area contributed by atoms with Crippen LogP contribution in [0.3, 0.4) is 0 Å². The summed E-state index contributed by atoms with van der Waals surface area (Å²) in [5.41, 5.74) is 2.51. The lowest BCUT2D eigenvalue weighted by atomic mass is 10.0. The number of halogens is 1. The average molecular weight is 271 g/mol. The van der Waals surface area contributed by atoms with Crippen LogP contribution in [0.15, 0.2) is 60.7 Å². The van der Waals surface area contributed by atoms with Crippen molar-refractivity contribution >= 4 is 0 Å². The van der Waals surface area contributed by atoms with Crippen LogP contribution >= 0.6 is 0 Å². The first kappa shape index (κ1) is 14.7. The smallest absolute Gasteiger partial charge is 0.105 e. The van der Waals surface area contributed by atoms with Crippen molar-refractivity contribution < 1.29 is 4.39 Å². The van der Waals surface area contributed by atoms with Crippen molar-refractivity contribution in [2.45, 2.75) is 25.4 Å². The molecule has 0 aliphatic heterocycles. The Hall–Kier alpha value is -1.67. The average Bonchev–Trinajstić information content (AvgIpc) is 2.50. The SMILES string of the molecule is CN(Cc1ccccc1)C(CF)CCc1ccccc1. The molecule has 0 spiro atoms. The highest BCUT2D eigenvalue weighted by Crippen LogP contribution is 2.12. The second-order valence-corrected chi connectivity index (χ2v) is 5.23. The fourth-order valence-corrected chi connectivity index (χ4v) is 2.39. The second-order valence-electron chi connectivity index (χ2n) is 5.23. The van der Waals surface area contributed by atoms with Crippen molar-refractivity contribution in [1.82, 2.24) is 4.90 Å². The minimum atomic E-state index is -0.295. The molecule has 0 saturated heterocycles. The fraction of sp³-hybridized carbons (Fsp3) is 0.333. The summed E-state index contributed by atoms with van der Waals surface area (Å²) in [5, 5.41) is 0. The summed E-state index contributed by atoms with van der Waals surface area (Å²) in [5.74, 6) is 0. The Kier molecular flexibility index (Phi) is 5.75. The van der Waals surface area contributed by atoms with E-state index in [0.29, 0.717) is 0 Å². The number of hydrogen-bond donors (Lipinski definition) is 0. The summed E-state index contributed by atoms with van der Waals surface area (Å²) in [6, 6.07) is 20.5. The topological polar surface area (TPSA) is 3.24 Å². The number of aryl methyl sites for hydroxylation is 1. The molecule has 2 heteroatoms. The van der Waals surface area contributed by atoms with Crippen LogP contribution in [0.5, 0.6) is 0 Å². The largest absolute Gasteiger partial charge is 0.297 e. The molecule has 0 radical (unpaired) electrons. The molecule has 20 heavy (non-hydrogen) atoms. The van der Waals surface area contributed by atoms with Crippen molar-refractivity contribution in [2.75, 3.05) is 13.7 Å². The molecule has 2 aromatic rings. The standard InChI is InChI=1S/C18H22FN/c1-20(15-17-10-6-3-7-11-17)18(14-19)13-12-16-8-4-2-5-9-16/h2-11,18H,12-15H2,1H3. The number of rotatable bonds is 7. The maximum absolute atomic E-state index is 13.3. The van der Waals surface area contributed by atoms with E-state index in [0.717, 1.165) is 19.4 Å². The molecule has 2 rings (SSSR count). The van der Waals surface area contributed by atoms with E-state index in [1.165, 1.54) is 11.1 Å². The van der Waals surface area contributed by atoms with Gasteiger partial charge >= 0.3 is 0 Å². The van der Waals surface area contributed by atoms with Crippen LogP contribution in [0.25, 0.3) is 0 Å². The third-order valence-electron chi connectivity index (χ3n) is 3.69. The Bertz CT molecular complexity index is 483. The summed E-state index contributed by atoms with van der Waals surface area (Å²) in [6.45, 7) is 0.500. The van der Waals surface area contributed by atoms with Crippen molar-refractivity contribution in [2.24, 2.45) is 0 Å². The molecule has 1 unspecified atom stereocenters. The number of hydrogen-bond acceptors (Lipinski definition) is 1. The Morgan fingerprint density at radius 2 is 1.45 bits per heavy atom. The van der Waals surface area contributed by atoms with Gasteiger partial charge in [-0.1, -0.05) is 60.7 Å². The highest BCUT2D eigenvalue weighted by Gasteiger charge is 2.14. The van der Waals surface area contributed by atoms with Gasteiger partial charge in [0.2, 0.25) is 0 Å². The molecule has 0 amide bonds. The Morgan fingerprint density at radius 1 is 0.900 bits per heavy atom. The van der Waals surface area contributed by atoms with E-state index in [-0.39, 0.29) is 12.7 Å². The van der Waals surface area contributed by atoms with E-state index in [2.05, 4.69) is 29.2 Å². The molecule has 0 bridgehead atoms. The van der Waals surface area contributed by atoms with Gasteiger partial charge in [-0.05, 0) is 31.0 Å². The first-order chi connectivity index (χ1) is 9.79. The predicted octanol–water partition coefficient (Wildman–Crippen LogP) is 4.09. The molecular formula is C18H22FN. The van der Waals surface area contributed by atoms with Gasteiger partial charge < -0.3 is 0 Å². The van der Waals surface area contributed by atoms with Crippen LogP contribution < -0.4 is 0 Å². The summed E-state index contributed by atoms with van der Waals surface area (Å²) < 4.78 is 13.3. The van der Waals surface area contributed by atoms with Crippen LogP contribution in [0.4, 0.5) is 4.39 Å². The lowest BCUT2D eigenvalue weighted by Crippen LogP contribution is -2.33. The van der Waals surface area contributed by atoms with Gasteiger partial charge in [0, 0.05) is 12.6 Å². The lowest BCUT2D eigenvalue weighted by Gasteiger charge is -2.26. The minimum absolute atomic E-state index is 0.0181. The molecule has 2 aromatic carbocycles. The first-order valence-electron chi connectivity index (χ1n) is 7.13. The number of nitrogens with zero attached hydrogens (tertiary/aromatic N) is 1. The van der Waals surface area contributed by atoms with Gasteiger partial charge in [0.15, 0.2) is 0 Å². The van der Waals surface area contributed by atoms with Gasteiger partial charge in [0.25, 0.3) is 0 Å². The zero-order chi connectivity index (χ0) is 14.2. The van der Waals surface area contributed by atoms with E-state index >= 15 is 0 Å². The van der Waals surface area contributed by atoms with Gasteiger partial charge in [0.05, 0.1) is 0 Å². The quantitative estimate of drug-likeness (QED) is 0.733. The predicted molar refractivity (Wildman–Crippen MR) is 82.4 cm³/mol.